The van der Waals surface area contributed by atoms with Crippen molar-refractivity contribution in [1.29, 1.82) is 0 Å². The second-order valence-corrected chi connectivity index (χ2v) is 6.99. The lowest BCUT2D eigenvalue weighted by atomic mass is 10.1. The van der Waals surface area contributed by atoms with Gasteiger partial charge in [0.2, 0.25) is 0 Å². The van der Waals surface area contributed by atoms with Crippen LogP contribution in [0.1, 0.15) is 23.6 Å². The molecule has 1 N–H and O–H groups in total. The van der Waals surface area contributed by atoms with Gasteiger partial charge in [0, 0.05) is 11.3 Å². The fourth-order valence-electron chi connectivity index (χ4n) is 1.70. The Bertz CT molecular complexity index is 480. The van der Waals surface area contributed by atoms with E-state index in [9.17, 15) is 0 Å². The molecule has 2 aromatic heterocycles. The molecular formula is C12H13Br2NOS. The molecule has 0 aliphatic heterocycles. The number of likely N-dealkylation sites (N-methyl/N-ethyl adjacent to an activating group) is 1. The van der Waals surface area contributed by atoms with Crippen LogP contribution in [0.15, 0.2) is 37.1 Å². The Morgan fingerprint density at radius 1 is 1.29 bits per heavy atom. The molecule has 2 nitrogen and oxygen atoms in total. The zero-order chi connectivity index (χ0) is 12.3. The molecule has 1 atom stereocenters. The van der Waals surface area contributed by atoms with E-state index in [0.29, 0.717) is 0 Å². The van der Waals surface area contributed by atoms with Crippen molar-refractivity contribution in [3.8, 4) is 0 Å². The van der Waals surface area contributed by atoms with Gasteiger partial charge in [0.05, 0.1) is 9.83 Å². The van der Waals surface area contributed by atoms with Crippen LogP contribution in [0.25, 0.3) is 0 Å². The van der Waals surface area contributed by atoms with Crippen LogP contribution in [-0.2, 0) is 6.42 Å². The first-order valence-corrected chi connectivity index (χ1v) is 7.82. The van der Waals surface area contributed by atoms with Crippen LogP contribution in [0.5, 0.6) is 0 Å². The molecule has 5 heteroatoms. The minimum absolute atomic E-state index is 0.233. The van der Waals surface area contributed by atoms with Crippen LogP contribution in [-0.4, -0.2) is 6.54 Å². The Morgan fingerprint density at radius 2 is 2.12 bits per heavy atom. The standard InChI is InChI=1S/C12H13Br2NOS/c1-2-15-9(10-4-5-11(13)16-10)7-8-3-6-12(14)17-8/h3-6,9,15H,2,7H2,1H3. The van der Waals surface area contributed by atoms with Gasteiger partial charge in [-0.1, -0.05) is 6.92 Å². The Kier molecular flexibility index (Phi) is 4.85. The molecule has 0 spiro atoms. The highest BCUT2D eigenvalue weighted by Gasteiger charge is 2.15. The van der Waals surface area contributed by atoms with Crippen molar-refractivity contribution in [3.63, 3.8) is 0 Å². The fourth-order valence-corrected chi connectivity index (χ4v) is 3.55. The number of hydrogen-bond acceptors (Lipinski definition) is 3. The zero-order valence-corrected chi connectivity index (χ0v) is 13.4. The smallest absolute Gasteiger partial charge is 0.169 e. The van der Waals surface area contributed by atoms with Gasteiger partial charge in [-0.25, -0.2) is 0 Å². The van der Waals surface area contributed by atoms with Gasteiger partial charge < -0.3 is 9.73 Å². The maximum absolute atomic E-state index is 5.62. The lowest BCUT2D eigenvalue weighted by Crippen LogP contribution is -2.22. The molecule has 92 valence electrons. The van der Waals surface area contributed by atoms with Crippen LogP contribution in [0.4, 0.5) is 0 Å². The third kappa shape index (κ3) is 3.68. The van der Waals surface area contributed by atoms with Gasteiger partial charge in [-0.05, 0) is 62.7 Å². The average Bonchev–Trinajstić information content (AvgIpc) is 2.87. The van der Waals surface area contributed by atoms with Crippen molar-refractivity contribution >= 4 is 43.2 Å². The third-order valence-corrected chi connectivity index (χ3v) is 4.49. The number of hydrogen-bond donors (Lipinski definition) is 1. The van der Waals surface area contributed by atoms with Gasteiger partial charge in [0.15, 0.2) is 4.67 Å². The van der Waals surface area contributed by atoms with Crippen molar-refractivity contribution < 1.29 is 4.42 Å². The Morgan fingerprint density at radius 3 is 2.65 bits per heavy atom. The summed E-state index contributed by atoms with van der Waals surface area (Å²) in [7, 11) is 0. The molecule has 0 fully saturated rings. The number of furan rings is 1. The fraction of sp³-hybridized carbons (Fsp3) is 0.333. The van der Waals surface area contributed by atoms with E-state index < -0.39 is 0 Å². The van der Waals surface area contributed by atoms with Gasteiger partial charge in [-0.2, -0.15) is 0 Å². The van der Waals surface area contributed by atoms with Crippen LogP contribution in [0.3, 0.4) is 0 Å². The first-order valence-electron chi connectivity index (χ1n) is 5.42. The van der Waals surface area contributed by atoms with Crippen molar-refractivity contribution in [1.82, 2.24) is 5.32 Å². The summed E-state index contributed by atoms with van der Waals surface area (Å²) >= 11 is 8.60. The number of halogens is 2. The molecule has 17 heavy (non-hydrogen) atoms. The SMILES string of the molecule is CCNC(Cc1ccc(Br)s1)c1ccc(Br)o1. The lowest BCUT2D eigenvalue weighted by Gasteiger charge is -2.14. The maximum Gasteiger partial charge on any atom is 0.169 e. The summed E-state index contributed by atoms with van der Waals surface area (Å²) < 4.78 is 7.57. The van der Waals surface area contributed by atoms with E-state index in [1.165, 1.54) is 8.66 Å². The molecule has 1 unspecified atom stereocenters. The normalized spacial score (nSPS) is 12.9. The molecule has 2 aromatic rings. The predicted molar refractivity (Wildman–Crippen MR) is 78.5 cm³/mol. The summed E-state index contributed by atoms with van der Waals surface area (Å²) in [5.41, 5.74) is 0. The number of thiophene rings is 1. The molecule has 0 aliphatic carbocycles. The highest BCUT2D eigenvalue weighted by Crippen LogP contribution is 2.28. The summed E-state index contributed by atoms with van der Waals surface area (Å²) in [6.45, 7) is 3.03. The Hall–Kier alpha value is -0.100. The van der Waals surface area contributed by atoms with Crippen molar-refractivity contribution in [3.05, 3.63) is 43.4 Å². The Balaban J connectivity index is 2.12. The summed E-state index contributed by atoms with van der Waals surface area (Å²) in [5.74, 6) is 0.975. The van der Waals surface area contributed by atoms with Crippen molar-refractivity contribution in [2.45, 2.75) is 19.4 Å². The van der Waals surface area contributed by atoms with E-state index in [4.69, 9.17) is 4.42 Å². The predicted octanol–water partition coefficient (Wildman–Crippen LogP) is 4.76. The van der Waals surface area contributed by atoms with Gasteiger partial charge in [0.25, 0.3) is 0 Å². The molecule has 0 saturated heterocycles. The Labute approximate surface area is 122 Å². The number of rotatable bonds is 5. The van der Waals surface area contributed by atoms with E-state index in [1.807, 2.05) is 12.1 Å². The van der Waals surface area contributed by atoms with Crippen LogP contribution in [0.2, 0.25) is 0 Å². The topological polar surface area (TPSA) is 25.2 Å². The first kappa shape index (κ1) is 13.3. The molecule has 0 aliphatic rings. The summed E-state index contributed by atoms with van der Waals surface area (Å²) in [5, 5.41) is 3.45. The highest BCUT2D eigenvalue weighted by molar-refractivity contribution is 9.11. The van der Waals surface area contributed by atoms with Gasteiger partial charge in [-0.3, -0.25) is 0 Å². The third-order valence-electron chi connectivity index (χ3n) is 2.42. The highest BCUT2D eigenvalue weighted by atomic mass is 79.9. The van der Waals surface area contributed by atoms with E-state index in [1.54, 1.807) is 11.3 Å². The van der Waals surface area contributed by atoms with Gasteiger partial charge >= 0.3 is 0 Å². The largest absolute Gasteiger partial charge is 0.453 e. The molecular weight excluding hydrogens is 366 g/mol. The van der Waals surface area contributed by atoms with Gasteiger partial charge in [-0.15, -0.1) is 11.3 Å². The first-order chi connectivity index (χ1) is 8.19. The van der Waals surface area contributed by atoms with E-state index in [0.717, 1.165) is 23.4 Å². The molecule has 0 saturated carbocycles. The van der Waals surface area contributed by atoms with Crippen LogP contribution in [0, 0.1) is 0 Å². The monoisotopic (exact) mass is 377 g/mol. The maximum atomic E-state index is 5.62. The molecule has 0 aromatic carbocycles. The van der Waals surface area contributed by atoms with E-state index in [-0.39, 0.29) is 6.04 Å². The van der Waals surface area contributed by atoms with Crippen molar-refractivity contribution in [2.24, 2.45) is 0 Å². The molecule has 0 radical (unpaired) electrons. The minimum atomic E-state index is 0.233. The zero-order valence-electron chi connectivity index (χ0n) is 9.37. The number of nitrogens with one attached hydrogen (secondary N) is 1. The quantitative estimate of drug-likeness (QED) is 0.811. The summed E-state index contributed by atoms with van der Waals surface area (Å²) in [6.07, 6.45) is 0.948. The van der Waals surface area contributed by atoms with E-state index >= 15 is 0 Å². The molecule has 0 bridgehead atoms. The molecule has 0 amide bonds. The van der Waals surface area contributed by atoms with E-state index in [2.05, 4.69) is 56.2 Å². The average molecular weight is 379 g/mol. The van der Waals surface area contributed by atoms with Crippen LogP contribution < -0.4 is 5.32 Å². The molecule has 2 heterocycles. The molecule has 2 rings (SSSR count). The minimum Gasteiger partial charge on any atom is -0.453 e. The lowest BCUT2D eigenvalue weighted by molar-refractivity contribution is 0.406. The second kappa shape index (κ2) is 6.18. The van der Waals surface area contributed by atoms with Crippen molar-refractivity contribution in [2.75, 3.05) is 6.54 Å². The van der Waals surface area contributed by atoms with Gasteiger partial charge in [0.1, 0.15) is 5.76 Å². The summed E-state index contributed by atoms with van der Waals surface area (Å²) in [6, 6.07) is 8.42. The summed E-state index contributed by atoms with van der Waals surface area (Å²) in [4.78, 5) is 1.34. The van der Waals surface area contributed by atoms with Crippen LogP contribution >= 0.6 is 43.2 Å². The second-order valence-electron chi connectivity index (χ2n) is 3.66.